The molecule has 106 valence electrons. The quantitative estimate of drug-likeness (QED) is 0.362. The standard InChI is InChI=1S/C7HClF6N2O3/c8-3-1-2(19-7(12,13)14)4(6(9,10)11)5(15-3)16(17)18/h1H. The van der Waals surface area contributed by atoms with Crippen LogP contribution in [-0.4, -0.2) is 16.3 Å². The Kier molecular flexibility index (Phi) is 3.79. The number of nitro groups is 1. The fourth-order valence-electron chi connectivity index (χ4n) is 1.08. The summed E-state index contributed by atoms with van der Waals surface area (Å²) in [5.41, 5.74) is -2.26. The predicted octanol–water partition coefficient (Wildman–Crippen LogP) is 3.56. The van der Waals surface area contributed by atoms with Crippen LogP contribution < -0.4 is 4.74 Å². The van der Waals surface area contributed by atoms with Gasteiger partial charge in [-0.25, -0.2) is 0 Å². The summed E-state index contributed by atoms with van der Waals surface area (Å²) >= 11 is 5.11. The van der Waals surface area contributed by atoms with Crippen LogP contribution in [0.5, 0.6) is 5.75 Å². The number of ether oxygens (including phenoxy) is 1. The Morgan fingerprint density at radius 1 is 1.26 bits per heavy atom. The smallest absolute Gasteiger partial charge is 0.405 e. The van der Waals surface area contributed by atoms with Gasteiger partial charge >= 0.3 is 18.4 Å². The fraction of sp³-hybridized carbons (Fsp3) is 0.286. The largest absolute Gasteiger partial charge is 0.573 e. The van der Waals surface area contributed by atoms with Crippen molar-refractivity contribution in [3.05, 3.63) is 26.9 Å². The second-order valence-electron chi connectivity index (χ2n) is 2.94. The van der Waals surface area contributed by atoms with Crippen LogP contribution in [0.25, 0.3) is 0 Å². The molecule has 0 amide bonds. The lowest BCUT2D eigenvalue weighted by molar-refractivity contribution is -0.393. The third kappa shape index (κ3) is 3.84. The molecule has 0 saturated heterocycles. The van der Waals surface area contributed by atoms with Gasteiger partial charge in [0.05, 0.1) is 0 Å². The zero-order valence-electron chi connectivity index (χ0n) is 8.34. The maximum Gasteiger partial charge on any atom is 0.573 e. The molecule has 1 rings (SSSR count). The monoisotopic (exact) mass is 310 g/mol. The van der Waals surface area contributed by atoms with Crippen molar-refractivity contribution in [2.75, 3.05) is 0 Å². The molecule has 5 nitrogen and oxygen atoms in total. The highest BCUT2D eigenvalue weighted by Crippen LogP contribution is 2.43. The van der Waals surface area contributed by atoms with Crippen molar-refractivity contribution in [2.24, 2.45) is 0 Å². The van der Waals surface area contributed by atoms with Crippen LogP contribution >= 0.6 is 11.6 Å². The van der Waals surface area contributed by atoms with Crippen molar-refractivity contribution in [3.8, 4) is 5.75 Å². The molecular weight excluding hydrogens is 310 g/mol. The molecule has 0 aliphatic heterocycles. The van der Waals surface area contributed by atoms with E-state index in [1.54, 1.807) is 0 Å². The van der Waals surface area contributed by atoms with Gasteiger partial charge in [-0.1, -0.05) is 0 Å². The van der Waals surface area contributed by atoms with E-state index in [1.807, 2.05) is 0 Å². The summed E-state index contributed by atoms with van der Waals surface area (Å²) in [6.45, 7) is 0. The van der Waals surface area contributed by atoms with Gasteiger partial charge in [0, 0.05) is 6.07 Å². The zero-order chi connectivity index (χ0) is 15.0. The van der Waals surface area contributed by atoms with E-state index < -0.39 is 39.7 Å². The van der Waals surface area contributed by atoms with E-state index in [0.29, 0.717) is 0 Å². The maximum atomic E-state index is 12.5. The summed E-state index contributed by atoms with van der Waals surface area (Å²) in [5, 5.41) is 9.44. The summed E-state index contributed by atoms with van der Waals surface area (Å²) in [5.74, 6) is -3.72. The van der Waals surface area contributed by atoms with Crippen LogP contribution in [0.2, 0.25) is 5.15 Å². The van der Waals surface area contributed by atoms with E-state index >= 15 is 0 Å². The molecule has 1 aromatic heterocycles. The van der Waals surface area contributed by atoms with Gasteiger partial charge in [0.15, 0.2) is 11.3 Å². The normalized spacial score (nSPS) is 12.4. The first-order chi connectivity index (χ1) is 8.42. The fourth-order valence-corrected chi connectivity index (χ4v) is 1.26. The molecule has 19 heavy (non-hydrogen) atoms. The first-order valence-corrected chi connectivity index (χ1v) is 4.47. The van der Waals surface area contributed by atoms with Gasteiger partial charge < -0.3 is 14.9 Å². The molecule has 0 aromatic carbocycles. The maximum absolute atomic E-state index is 12.5. The Bertz CT molecular complexity index is 515. The van der Waals surface area contributed by atoms with Crippen LogP contribution in [-0.2, 0) is 6.18 Å². The van der Waals surface area contributed by atoms with E-state index in [2.05, 4.69) is 9.72 Å². The highest BCUT2D eigenvalue weighted by atomic mass is 35.5. The third-order valence-electron chi connectivity index (χ3n) is 1.62. The van der Waals surface area contributed by atoms with Gasteiger partial charge in [-0.15, -0.1) is 13.2 Å². The molecule has 0 saturated carbocycles. The van der Waals surface area contributed by atoms with Crippen molar-refractivity contribution in [3.63, 3.8) is 0 Å². The van der Waals surface area contributed by atoms with Gasteiger partial charge in [-0.05, 0) is 21.5 Å². The molecule has 0 N–H and O–H groups in total. The molecule has 1 heterocycles. The van der Waals surface area contributed by atoms with Crippen LogP contribution in [0, 0.1) is 10.1 Å². The van der Waals surface area contributed by atoms with Crippen LogP contribution in [0.3, 0.4) is 0 Å². The van der Waals surface area contributed by atoms with Gasteiger partial charge in [0.2, 0.25) is 5.15 Å². The van der Waals surface area contributed by atoms with Crippen molar-refractivity contribution >= 4 is 17.4 Å². The number of hydrogen-bond donors (Lipinski definition) is 0. The minimum atomic E-state index is -5.47. The van der Waals surface area contributed by atoms with Gasteiger partial charge in [-0.2, -0.15) is 13.2 Å². The lowest BCUT2D eigenvalue weighted by atomic mass is 10.2. The molecule has 0 spiro atoms. The van der Waals surface area contributed by atoms with Crippen LogP contribution in [0.4, 0.5) is 32.2 Å². The van der Waals surface area contributed by atoms with Crippen LogP contribution in [0.15, 0.2) is 6.07 Å². The Morgan fingerprint density at radius 3 is 2.16 bits per heavy atom. The van der Waals surface area contributed by atoms with Crippen molar-refractivity contribution in [2.45, 2.75) is 12.5 Å². The molecule has 1 aromatic rings. The second kappa shape index (κ2) is 4.72. The minimum Gasteiger partial charge on any atom is -0.405 e. The Hall–Kier alpha value is -1.78. The number of aromatic nitrogens is 1. The molecule has 0 bridgehead atoms. The Balaban J connectivity index is 3.56. The summed E-state index contributed by atoms with van der Waals surface area (Å²) in [6.07, 6.45) is -10.9. The highest BCUT2D eigenvalue weighted by Gasteiger charge is 2.46. The average molecular weight is 311 g/mol. The SMILES string of the molecule is O=[N+]([O-])c1nc(Cl)cc(OC(F)(F)F)c1C(F)(F)F. The molecule has 0 aliphatic carbocycles. The minimum absolute atomic E-state index is 0.0882. The molecular formula is C7HClF6N2O3. The Morgan fingerprint density at radius 2 is 1.79 bits per heavy atom. The summed E-state index contributed by atoms with van der Waals surface area (Å²) in [4.78, 5) is 11.5. The van der Waals surface area contributed by atoms with Crippen LogP contribution in [0.1, 0.15) is 5.56 Å². The molecule has 0 atom stereocenters. The molecule has 0 fully saturated rings. The number of alkyl halides is 6. The number of nitrogens with zero attached hydrogens (tertiary/aromatic N) is 2. The van der Waals surface area contributed by atoms with E-state index in [0.717, 1.165) is 0 Å². The summed E-state index contributed by atoms with van der Waals surface area (Å²) < 4.78 is 76.6. The van der Waals surface area contributed by atoms with E-state index in [-0.39, 0.29) is 6.07 Å². The lowest BCUT2D eigenvalue weighted by Gasteiger charge is -2.14. The number of halogens is 7. The number of hydrogen-bond acceptors (Lipinski definition) is 4. The topological polar surface area (TPSA) is 65.3 Å². The van der Waals surface area contributed by atoms with E-state index in [4.69, 9.17) is 11.6 Å². The van der Waals surface area contributed by atoms with Crippen molar-refractivity contribution in [1.82, 2.24) is 4.98 Å². The van der Waals surface area contributed by atoms with E-state index in [1.165, 1.54) is 0 Å². The zero-order valence-corrected chi connectivity index (χ0v) is 9.10. The average Bonchev–Trinajstić information content (AvgIpc) is 2.10. The number of pyridine rings is 1. The summed E-state index contributed by atoms with van der Waals surface area (Å²) in [7, 11) is 0. The lowest BCUT2D eigenvalue weighted by Crippen LogP contribution is -2.21. The van der Waals surface area contributed by atoms with Gasteiger partial charge in [0.1, 0.15) is 0 Å². The predicted molar refractivity (Wildman–Crippen MR) is 47.6 cm³/mol. The molecule has 0 aliphatic rings. The Labute approximate surface area is 104 Å². The number of rotatable bonds is 2. The third-order valence-corrected chi connectivity index (χ3v) is 1.81. The molecule has 0 unspecified atom stereocenters. The molecule has 0 radical (unpaired) electrons. The summed E-state index contributed by atoms with van der Waals surface area (Å²) in [6, 6.07) is 0.0882. The second-order valence-corrected chi connectivity index (χ2v) is 3.33. The van der Waals surface area contributed by atoms with E-state index in [9.17, 15) is 36.5 Å². The first kappa shape index (κ1) is 15.3. The molecule has 12 heteroatoms. The van der Waals surface area contributed by atoms with Gasteiger partial charge in [0.25, 0.3) is 0 Å². The first-order valence-electron chi connectivity index (χ1n) is 4.09. The highest BCUT2D eigenvalue weighted by molar-refractivity contribution is 6.29. The van der Waals surface area contributed by atoms with Gasteiger partial charge in [-0.3, -0.25) is 0 Å². The van der Waals surface area contributed by atoms with Crippen molar-refractivity contribution < 1.29 is 36.0 Å². The van der Waals surface area contributed by atoms with Crippen molar-refractivity contribution in [1.29, 1.82) is 0 Å².